The molecule has 0 saturated carbocycles. The topological polar surface area (TPSA) is 15.3 Å². The molecule has 0 amide bonds. The Kier molecular flexibility index (Phi) is 7.42. The van der Waals surface area contributed by atoms with Crippen LogP contribution in [0.5, 0.6) is 0 Å². The van der Waals surface area contributed by atoms with E-state index in [4.69, 9.17) is 11.6 Å². The van der Waals surface area contributed by atoms with Crippen molar-refractivity contribution in [1.82, 2.24) is 0 Å². The van der Waals surface area contributed by atoms with Gasteiger partial charge in [0.15, 0.2) is 0 Å². The fraction of sp³-hybridized carbons (Fsp3) is 0.0400. The Hall–Kier alpha value is -6.53. The van der Waals surface area contributed by atoms with Gasteiger partial charge in [-0.2, -0.15) is 0 Å². The summed E-state index contributed by atoms with van der Waals surface area (Å²) in [5, 5.41) is 4.50. The zero-order valence-electron chi connectivity index (χ0n) is 28.9. The van der Waals surface area contributed by atoms with Gasteiger partial charge in [-0.05, 0) is 122 Å². The Morgan fingerprint density at radius 3 is 1.64 bits per heavy atom. The molecule has 0 unspecified atom stereocenters. The summed E-state index contributed by atoms with van der Waals surface area (Å²) in [6, 6.07) is 61.1. The normalized spacial score (nSPS) is 14.5. The van der Waals surface area contributed by atoms with Gasteiger partial charge in [0.05, 0.1) is 16.8 Å². The fourth-order valence-electron chi connectivity index (χ4n) is 8.50. The largest absolute Gasteiger partial charge is 0.355 e. The minimum absolute atomic E-state index is 0.594. The van der Waals surface area contributed by atoms with Crippen LogP contribution in [-0.2, 0) is 5.41 Å². The number of fused-ring (bicyclic) bond motifs is 7. The van der Waals surface area contributed by atoms with Gasteiger partial charge in [0.2, 0.25) is 0 Å². The van der Waals surface area contributed by atoms with Gasteiger partial charge in [0, 0.05) is 28.5 Å². The lowest BCUT2D eigenvalue weighted by atomic mass is 9.59. The quantitative estimate of drug-likeness (QED) is 0.184. The molecule has 0 atom stereocenters. The van der Waals surface area contributed by atoms with E-state index >= 15 is 0 Å². The molecular weight excluding hydrogens is 664 g/mol. The average molecular weight is 697 g/mol. The number of hydrogen-bond donors (Lipinski definition) is 1. The number of allylic oxidation sites excluding steroid dienone is 3. The number of anilines is 4. The molecule has 1 N–H and O–H groups in total. The predicted molar refractivity (Wildman–Crippen MR) is 221 cm³/mol. The molecule has 10 rings (SSSR count). The van der Waals surface area contributed by atoms with Crippen LogP contribution in [0.2, 0.25) is 5.02 Å². The van der Waals surface area contributed by atoms with Gasteiger partial charge in [-0.15, -0.1) is 0 Å². The van der Waals surface area contributed by atoms with Crippen molar-refractivity contribution in [2.24, 2.45) is 0 Å². The molecule has 3 aliphatic rings. The van der Waals surface area contributed by atoms with Crippen LogP contribution in [0.25, 0.3) is 33.4 Å². The van der Waals surface area contributed by atoms with E-state index in [1.807, 2.05) is 12.1 Å². The molecule has 0 radical (unpaired) electrons. The van der Waals surface area contributed by atoms with Crippen LogP contribution in [0.3, 0.4) is 0 Å². The molecule has 0 saturated heterocycles. The van der Waals surface area contributed by atoms with E-state index in [-0.39, 0.29) is 0 Å². The minimum atomic E-state index is -0.717. The molecule has 1 aliphatic carbocycles. The molecular formula is C50H33ClN2. The summed E-state index contributed by atoms with van der Waals surface area (Å²) in [7, 11) is 0. The van der Waals surface area contributed by atoms with Gasteiger partial charge in [-0.1, -0.05) is 139 Å². The summed E-state index contributed by atoms with van der Waals surface area (Å²) in [5.41, 5.74) is 16.5. The van der Waals surface area contributed by atoms with Crippen molar-refractivity contribution in [2.75, 3.05) is 10.2 Å². The highest BCUT2D eigenvalue weighted by Gasteiger charge is 2.51. The van der Waals surface area contributed by atoms with Crippen molar-refractivity contribution in [3.05, 3.63) is 215 Å². The molecule has 2 aliphatic heterocycles. The number of hydrogen-bond acceptors (Lipinski definition) is 2. The maximum atomic E-state index is 6.99. The van der Waals surface area contributed by atoms with Crippen molar-refractivity contribution in [3.8, 4) is 45.2 Å². The van der Waals surface area contributed by atoms with E-state index in [1.165, 1.54) is 39.0 Å². The van der Waals surface area contributed by atoms with Gasteiger partial charge in [-0.25, -0.2) is 0 Å². The smallest absolute Gasteiger partial charge is 0.0755 e. The van der Waals surface area contributed by atoms with Crippen molar-refractivity contribution in [2.45, 2.75) is 11.8 Å². The van der Waals surface area contributed by atoms with E-state index in [2.05, 4.69) is 192 Å². The van der Waals surface area contributed by atoms with Gasteiger partial charge in [0.1, 0.15) is 0 Å². The predicted octanol–water partition coefficient (Wildman–Crippen LogP) is 13.1. The molecule has 7 aromatic carbocycles. The summed E-state index contributed by atoms with van der Waals surface area (Å²) in [5.74, 6) is 6.79. The fourth-order valence-corrected chi connectivity index (χ4v) is 8.67. The van der Waals surface area contributed by atoms with Crippen LogP contribution in [0, 0.1) is 11.8 Å². The molecule has 0 bridgehead atoms. The first-order chi connectivity index (χ1) is 26.2. The number of rotatable bonds is 4. The third-order valence-electron chi connectivity index (χ3n) is 10.9. The van der Waals surface area contributed by atoms with Crippen LogP contribution >= 0.6 is 11.6 Å². The molecule has 2 heterocycles. The van der Waals surface area contributed by atoms with Crippen LogP contribution in [0.4, 0.5) is 22.7 Å². The Balaban J connectivity index is 1.33. The third-order valence-corrected chi connectivity index (χ3v) is 11.1. The lowest BCUT2D eigenvalue weighted by molar-refractivity contribution is 0.685. The SMILES string of the molecule is Clc1ccc2c(c1)C1(C3=C(C=CC#CC3)N2)c2cc(-c3ccccc3)ccc2N(c2ccc(-c3ccccc3)cc2)c2ccc(-c3ccccc3)cc21. The number of nitrogens with zero attached hydrogens (tertiary/aromatic N) is 1. The Morgan fingerprint density at radius 2 is 1.06 bits per heavy atom. The standard InChI is InChI=1S/C50H33ClN2/c51-40-25-28-47-43(33-40)50(42-19-11-4-12-20-46(42)52-47)44-31-38(35-15-7-2-8-16-35)23-29-48(44)53(41-26-21-37(22-27-41)34-13-5-1-6-14-34)49-30-24-39(32-45(49)50)36-17-9-3-10-18-36/h1-3,5-10,12-18,20-33,52H,19H2. The van der Waals surface area contributed by atoms with Gasteiger partial charge in [-0.3, -0.25) is 0 Å². The maximum Gasteiger partial charge on any atom is 0.0755 e. The molecule has 7 aromatic rings. The molecule has 0 aromatic heterocycles. The molecule has 250 valence electrons. The van der Waals surface area contributed by atoms with E-state index in [0.29, 0.717) is 11.4 Å². The molecule has 2 nitrogen and oxygen atoms in total. The van der Waals surface area contributed by atoms with E-state index < -0.39 is 5.41 Å². The zero-order valence-corrected chi connectivity index (χ0v) is 29.6. The van der Waals surface area contributed by atoms with E-state index in [0.717, 1.165) is 45.1 Å². The first-order valence-electron chi connectivity index (χ1n) is 18.0. The van der Waals surface area contributed by atoms with Gasteiger partial charge in [0.25, 0.3) is 0 Å². The highest BCUT2D eigenvalue weighted by Crippen LogP contribution is 2.62. The van der Waals surface area contributed by atoms with Gasteiger partial charge >= 0.3 is 0 Å². The Labute approximate surface area is 315 Å². The first kappa shape index (κ1) is 31.2. The number of nitrogens with one attached hydrogen (secondary N) is 1. The summed E-state index contributed by atoms with van der Waals surface area (Å²) >= 11 is 6.99. The molecule has 0 fully saturated rings. The highest BCUT2D eigenvalue weighted by molar-refractivity contribution is 6.30. The highest BCUT2D eigenvalue weighted by atomic mass is 35.5. The summed E-state index contributed by atoms with van der Waals surface area (Å²) in [4.78, 5) is 2.44. The molecule has 53 heavy (non-hydrogen) atoms. The van der Waals surface area contributed by atoms with Crippen molar-refractivity contribution in [3.63, 3.8) is 0 Å². The third kappa shape index (κ3) is 5.05. The zero-order chi connectivity index (χ0) is 35.4. The van der Waals surface area contributed by atoms with E-state index in [9.17, 15) is 0 Å². The van der Waals surface area contributed by atoms with E-state index in [1.54, 1.807) is 0 Å². The summed E-state index contributed by atoms with van der Waals surface area (Å²) < 4.78 is 0. The Morgan fingerprint density at radius 1 is 0.528 bits per heavy atom. The lowest BCUT2D eigenvalue weighted by Crippen LogP contribution is -2.42. The molecule has 3 heteroatoms. The summed E-state index contributed by atoms with van der Waals surface area (Å²) in [6.45, 7) is 0. The van der Waals surface area contributed by atoms with Crippen LogP contribution in [-0.4, -0.2) is 0 Å². The van der Waals surface area contributed by atoms with Crippen LogP contribution < -0.4 is 10.2 Å². The van der Waals surface area contributed by atoms with Crippen molar-refractivity contribution in [1.29, 1.82) is 0 Å². The lowest BCUT2D eigenvalue weighted by Gasteiger charge is -2.50. The second kappa shape index (κ2) is 12.6. The number of halogens is 1. The monoisotopic (exact) mass is 696 g/mol. The second-order valence-corrected chi connectivity index (χ2v) is 14.2. The molecule has 1 spiro atoms. The Bertz CT molecular complexity index is 2570. The second-order valence-electron chi connectivity index (χ2n) is 13.7. The van der Waals surface area contributed by atoms with Gasteiger partial charge < -0.3 is 10.2 Å². The van der Waals surface area contributed by atoms with Crippen LogP contribution in [0.15, 0.2) is 193 Å². The minimum Gasteiger partial charge on any atom is -0.355 e. The van der Waals surface area contributed by atoms with Crippen LogP contribution in [0.1, 0.15) is 23.1 Å². The average Bonchev–Trinajstić information content (AvgIpc) is 3.48. The number of benzene rings is 7. The maximum absolute atomic E-state index is 6.99. The summed E-state index contributed by atoms with van der Waals surface area (Å²) in [6.07, 6.45) is 4.71. The van der Waals surface area contributed by atoms with Crippen molar-refractivity contribution >= 4 is 34.4 Å². The first-order valence-corrected chi connectivity index (χ1v) is 18.4. The van der Waals surface area contributed by atoms with Crippen molar-refractivity contribution < 1.29 is 0 Å².